The highest BCUT2D eigenvalue weighted by Gasteiger charge is 2.13. The van der Waals surface area contributed by atoms with Gasteiger partial charge in [-0.15, -0.1) is 0 Å². The third-order valence-corrected chi connectivity index (χ3v) is 4.08. The molecule has 0 amide bonds. The van der Waals surface area contributed by atoms with Crippen LogP contribution in [0.5, 0.6) is 0 Å². The van der Waals surface area contributed by atoms with E-state index in [1.165, 1.54) is 11.1 Å². The molecule has 0 fully saturated rings. The summed E-state index contributed by atoms with van der Waals surface area (Å²) < 4.78 is 1.09. The molecule has 2 rings (SSSR count). The van der Waals surface area contributed by atoms with Crippen molar-refractivity contribution in [2.45, 2.75) is 19.9 Å². The van der Waals surface area contributed by atoms with Crippen molar-refractivity contribution in [1.29, 1.82) is 0 Å². The number of benzene rings is 2. The van der Waals surface area contributed by atoms with Crippen molar-refractivity contribution in [2.24, 2.45) is 0 Å². The first-order valence-electron chi connectivity index (χ1n) is 6.36. The average molecular weight is 339 g/mol. The Balaban J connectivity index is 2.38. The highest BCUT2D eigenvalue weighted by atomic mass is 79.9. The number of rotatable bonds is 4. The van der Waals surface area contributed by atoms with Crippen molar-refractivity contribution in [3.8, 4) is 0 Å². The summed E-state index contributed by atoms with van der Waals surface area (Å²) in [6.07, 6.45) is 0. The van der Waals surface area contributed by atoms with Gasteiger partial charge in [-0.1, -0.05) is 58.7 Å². The van der Waals surface area contributed by atoms with E-state index in [1.54, 1.807) is 0 Å². The van der Waals surface area contributed by atoms with Gasteiger partial charge >= 0.3 is 0 Å². The lowest BCUT2D eigenvalue weighted by Gasteiger charge is -2.19. The van der Waals surface area contributed by atoms with Gasteiger partial charge in [0, 0.05) is 9.50 Å². The lowest BCUT2D eigenvalue weighted by molar-refractivity contribution is 0.630. The maximum atomic E-state index is 6.24. The molecule has 3 heteroatoms. The Bertz CT molecular complexity index is 551. The minimum absolute atomic E-state index is 0.177. The molecule has 0 saturated carbocycles. The zero-order chi connectivity index (χ0) is 13.8. The molecule has 0 bridgehead atoms. The van der Waals surface area contributed by atoms with Gasteiger partial charge in [0.25, 0.3) is 0 Å². The highest BCUT2D eigenvalue weighted by molar-refractivity contribution is 9.10. The molecule has 0 radical (unpaired) electrons. The summed E-state index contributed by atoms with van der Waals surface area (Å²) in [7, 11) is 0. The summed E-state index contributed by atoms with van der Waals surface area (Å²) in [6, 6.07) is 14.8. The van der Waals surface area contributed by atoms with Gasteiger partial charge in [0.05, 0.1) is 6.04 Å². The van der Waals surface area contributed by atoms with E-state index >= 15 is 0 Å². The van der Waals surface area contributed by atoms with Crippen molar-refractivity contribution < 1.29 is 0 Å². The van der Waals surface area contributed by atoms with Crippen LogP contribution in [0.15, 0.2) is 46.9 Å². The first-order chi connectivity index (χ1) is 9.11. The molecule has 0 spiro atoms. The van der Waals surface area contributed by atoms with E-state index < -0.39 is 0 Å². The molecule has 100 valence electrons. The van der Waals surface area contributed by atoms with Crippen LogP contribution in [0.1, 0.15) is 29.7 Å². The molecule has 19 heavy (non-hydrogen) atoms. The maximum absolute atomic E-state index is 6.24. The smallest absolute Gasteiger partial charge is 0.0577 e. The predicted molar refractivity (Wildman–Crippen MR) is 85.9 cm³/mol. The topological polar surface area (TPSA) is 12.0 Å². The Kier molecular flexibility index (Phi) is 5.03. The van der Waals surface area contributed by atoms with Crippen LogP contribution in [0.4, 0.5) is 0 Å². The van der Waals surface area contributed by atoms with Crippen LogP contribution < -0.4 is 5.32 Å². The summed E-state index contributed by atoms with van der Waals surface area (Å²) >= 11 is 9.70. The summed E-state index contributed by atoms with van der Waals surface area (Å²) in [5.41, 5.74) is 3.54. The second-order valence-electron chi connectivity index (χ2n) is 4.55. The zero-order valence-corrected chi connectivity index (χ0v) is 13.4. The van der Waals surface area contributed by atoms with Crippen LogP contribution in [0, 0.1) is 6.92 Å². The Morgan fingerprint density at radius 2 is 1.74 bits per heavy atom. The SMILES string of the molecule is CCNC(c1ccc(Br)cc1)c1ccc(C)c(Cl)c1. The van der Waals surface area contributed by atoms with E-state index in [2.05, 4.69) is 64.6 Å². The normalized spacial score (nSPS) is 12.4. The second-order valence-corrected chi connectivity index (χ2v) is 5.87. The van der Waals surface area contributed by atoms with Gasteiger partial charge in [-0.05, 0) is 48.4 Å². The van der Waals surface area contributed by atoms with Crippen LogP contribution in [0.3, 0.4) is 0 Å². The van der Waals surface area contributed by atoms with Crippen LogP contribution in [-0.4, -0.2) is 6.54 Å². The fourth-order valence-corrected chi connectivity index (χ4v) is 2.53. The molecule has 0 heterocycles. The fraction of sp³-hybridized carbons (Fsp3) is 0.250. The van der Waals surface area contributed by atoms with Gasteiger partial charge in [-0.3, -0.25) is 0 Å². The van der Waals surface area contributed by atoms with Crippen LogP contribution >= 0.6 is 27.5 Å². The van der Waals surface area contributed by atoms with Crippen molar-refractivity contribution in [2.75, 3.05) is 6.54 Å². The van der Waals surface area contributed by atoms with Gasteiger partial charge in [0.1, 0.15) is 0 Å². The van der Waals surface area contributed by atoms with Crippen molar-refractivity contribution in [1.82, 2.24) is 5.32 Å². The molecule has 0 aromatic heterocycles. The molecule has 0 aliphatic heterocycles. The Morgan fingerprint density at radius 1 is 1.11 bits per heavy atom. The molecular formula is C16H17BrClN. The molecule has 1 unspecified atom stereocenters. The van der Waals surface area contributed by atoms with Crippen molar-refractivity contribution in [3.63, 3.8) is 0 Å². The lowest BCUT2D eigenvalue weighted by Crippen LogP contribution is -2.21. The highest BCUT2D eigenvalue weighted by Crippen LogP contribution is 2.27. The first kappa shape index (κ1) is 14.6. The van der Waals surface area contributed by atoms with E-state index in [-0.39, 0.29) is 6.04 Å². The van der Waals surface area contributed by atoms with E-state index in [0.29, 0.717) is 0 Å². The molecule has 1 atom stereocenters. The number of aryl methyl sites for hydroxylation is 1. The third kappa shape index (κ3) is 3.59. The van der Waals surface area contributed by atoms with E-state index in [1.807, 2.05) is 13.0 Å². The minimum atomic E-state index is 0.177. The third-order valence-electron chi connectivity index (χ3n) is 3.14. The quantitative estimate of drug-likeness (QED) is 0.817. The number of hydrogen-bond donors (Lipinski definition) is 1. The minimum Gasteiger partial charge on any atom is -0.307 e. The molecule has 2 aromatic rings. The largest absolute Gasteiger partial charge is 0.307 e. The van der Waals surface area contributed by atoms with Gasteiger partial charge < -0.3 is 5.32 Å². The molecule has 0 saturated heterocycles. The Hall–Kier alpha value is -0.830. The number of halogens is 2. The molecule has 1 nitrogen and oxygen atoms in total. The fourth-order valence-electron chi connectivity index (χ4n) is 2.08. The zero-order valence-electron chi connectivity index (χ0n) is 11.1. The Morgan fingerprint density at radius 3 is 2.32 bits per heavy atom. The molecule has 2 aromatic carbocycles. The molecular weight excluding hydrogens is 322 g/mol. The second kappa shape index (κ2) is 6.56. The summed E-state index contributed by atoms with van der Waals surface area (Å²) in [5.74, 6) is 0. The van der Waals surface area contributed by atoms with Gasteiger partial charge in [-0.2, -0.15) is 0 Å². The van der Waals surface area contributed by atoms with Crippen molar-refractivity contribution >= 4 is 27.5 Å². The summed E-state index contributed by atoms with van der Waals surface area (Å²) in [6.45, 7) is 5.04. The molecule has 0 aliphatic rings. The summed E-state index contributed by atoms with van der Waals surface area (Å²) in [4.78, 5) is 0. The number of nitrogens with one attached hydrogen (secondary N) is 1. The van der Waals surface area contributed by atoms with Gasteiger partial charge in [-0.25, -0.2) is 0 Å². The molecule has 0 aliphatic carbocycles. The monoisotopic (exact) mass is 337 g/mol. The summed E-state index contributed by atoms with van der Waals surface area (Å²) in [5, 5.41) is 4.32. The van der Waals surface area contributed by atoms with E-state index in [9.17, 15) is 0 Å². The van der Waals surface area contributed by atoms with Crippen LogP contribution in [-0.2, 0) is 0 Å². The van der Waals surface area contributed by atoms with E-state index in [4.69, 9.17) is 11.6 Å². The maximum Gasteiger partial charge on any atom is 0.0577 e. The standard InChI is InChI=1S/C16H17BrClN/c1-3-19-16(12-6-8-14(17)9-7-12)13-5-4-11(2)15(18)10-13/h4-10,16,19H,3H2,1-2H3. The Labute approximate surface area is 128 Å². The predicted octanol–water partition coefficient (Wildman–Crippen LogP) is 5.11. The van der Waals surface area contributed by atoms with Gasteiger partial charge in [0.15, 0.2) is 0 Å². The van der Waals surface area contributed by atoms with Gasteiger partial charge in [0.2, 0.25) is 0 Å². The number of hydrogen-bond acceptors (Lipinski definition) is 1. The van der Waals surface area contributed by atoms with Crippen LogP contribution in [0.25, 0.3) is 0 Å². The molecule has 1 N–H and O–H groups in total. The first-order valence-corrected chi connectivity index (χ1v) is 7.54. The van der Waals surface area contributed by atoms with Crippen molar-refractivity contribution in [3.05, 3.63) is 68.7 Å². The average Bonchev–Trinajstić information content (AvgIpc) is 2.41. The van der Waals surface area contributed by atoms with Crippen LogP contribution in [0.2, 0.25) is 5.02 Å². The lowest BCUT2D eigenvalue weighted by atomic mass is 9.98. The van der Waals surface area contributed by atoms with E-state index in [0.717, 1.165) is 21.6 Å².